The van der Waals surface area contributed by atoms with Gasteiger partial charge in [-0.3, -0.25) is 14.4 Å². The highest BCUT2D eigenvalue weighted by Crippen LogP contribution is 2.65. The highest BCUT2D eigenvalue weighted by molar-refractivity contribution is 6.05. The lowest BCUT2D eigenvalue weighted by molar-refractivity contribution is -0.160. The molecule has 3 aliphatic rings. The van der Waals surface area contributed by atoms with Crippen LogP contribution in [-0.2, 0) is 23.9 Å². The van der Waals surface area contributed by atoms with E-state index < -0.39 is 35.0 Å². The molecule has 3 aliphatic heterocycles. The number of aliphatic hydroxyl groups is 1. The Morgan fingerprint density at radius 3 is 2.68 bits per heavy atom. The molecule has 0 aliphatic carbocycles. The number of esters is 1. The van der Waals surface area contributed by atoms with Crippen molar-refractivity contribution in [1.29, 1.82) is 0 Å². The number of nitrogens with zero attached hydrogens (tertiary/aromatic N) is 2. The Morgan fingerprint density at radius 1 is 1.30 bits per heavy atom. The number of hydrogen-bond acceptors (Lipinski definition) is 6. The first kappa shape index (κ1) is 27.1. The van der Waals surface area contributed by atoms with E-state index in [-0.39, 0.29) is 44.0 Å². The van der Waals surface area contributed by atoms with Crippen LogP contribution < -0.4 is 4.90 Å². The summed E-state index contributed by atoms with van der Waals surface area (Å²) in [7, 11) is 0. The molecule has 3 heterocycles. The Kier molecular flexibility index (Phi) is 7.36. The molecular formula is C29H38N2O6. The normalized spacial score (nSPS) is 31.8. The standard InChI is InChI=1S/C29H38N2O6/c1-7-12-30(21-16-18(3)10-11-19(21)4)26(34)24-29-17-20(5)28(6,37-29)23(27(35)36-15-8-2)22(29)25(33)31(24)13-9-14-32/h7-8,10-11,16,20,22-24,32H,1-2,9,12-15,17H2,3-6H3/t20?,22-,23-,24?,28+,29?/m0/s1. The molecule has 1 aromatic rings. The average Bonchev–Trinajstić information content (AvgIpc) is 3.37. The number of ether oxygens (including phenoxy) is 2. The number of hydrogen-bond donors (Lipinski definition) is 1. The molecule has 3 saturated heterocycles. The van der Waals surface area contributed by atoms with Crippen molar-refractivity contribution in [3.8, 4) is 0 Å². The molecule has 2 amide bonds. The molecule has 1 N–H and O–H groups in total. The number of amides is 2. The number of fused-ring (bicyclic) bond motifs is 1. The molecule has 3 unspecified atom stereocenters. The summed E-state index contributed by atoms with van der Waals surface area (Å²) in [5.41, 5.74) is 0.550. The quantitative estimate of drug-likeness (QED) is 0.384. The van der Waals surface area contributed by atoms with Crippen LogP contribution in [0.25, 0.3) is 0 Å². The van der Waals surface area contributed by atoms with Gasteiger partial charge in [-0.05, 0) is 56.7 Å². The van der Waals surface area contributed by atoms with Gasteiger partial charge in [-0.15, -0.1) is 6.58 Å². The number of likely N-dealkylation sites (tertiary alicyclic amines) is 1. The van der Waals surface area contributed by atoms with Crippen molar-refractivity contribution in [2.24, 2.45) is 17.8 Å². The maximum Gasteiger partial charge on any atom is 0.313 e. The SMILES string of the molecule is C=CCOC(=O)[C@@H]1[C@H]2C(=O)N(CCCO)C(C(=O)N(CC=C)c3cc(C)ccc3C)C23CC(C)[C@@]1(C)O3. The Balaban J connectivity index is 1.83. The van der Waals surface area contributed by atoms with E-state index in [1.165, 1.54) is 11.0 Å². The summed E-state index contributed by atoms with van der Waals surface area (Å²) >= 11 is 0. The summed E-state index contributed by atoms with van der Waals surface area (Å²) in [5, 5.41) is 9.57. The summed E-state index contributed by atoms with van der Waals surface area (Å²) in [4.78, 5) is 45.0. The third-order valence-electron chi connectivity index (χ3n) is 8.44. The van der Waals surface area contributed by atoms with Crippen LogP contribution in [0.3, 0.4) is 0 Å². The van der Waals surface area contributed by atoms with Crippen LogP contribution in [0.5, 0.6) is 0 Å². The first-order chi connectivity index (χ1) is 17.6. The molecule has 37 heavy (non-hydrogen) atoms. The van der Waals surface area contributed by atoms with E-state index in [4.69, 9.17) is 9.47 Å². The van der Waals surface area contributed by atoms with Crippen LogP contribution in [0.1, 0.15) is 37.8 Å². The van der Waals surface area contributed by atoms with Crippen molar-refractivity contribution in [2.75, 3.05) is 31.2 Å². The van der Waals surface area contributed by atoms with Gasteiger partial charge in [0.05, 0.1) is 11.5 Å². The lowest BCUT2D eigenvalue weighted by Gasteiger charge is -2.37. The number of anilines is 1. The second-order valence-corrected chi connectivity index (χ2v) is 10.8. The zero-order valence-electron chi connectivity index (χ0n) is 22.2. The highest BCUT2D eigenvalue weighted by Gasteiger charge is 2.80. The average molecular weight is 511 g/mol. The Bertz CT molecular complexity index is 1120. The van der Waals surface area contributed by atoms with E-state index in [1.54, 1.807) is 11.0 Å². The molecule has 8 heteroatoms. The molecule has 8 nitrogen and oxygen atoms in total. The van der Waals surface area contributed by atoms with Gasteiger partial charge in [0.15, 0.2) is 0 Å². The molecule has 200 valence electrons. The van der Waals surface area contributed by atoms with E-state index in [2.05, 4.69) is 13.2 Å². The summed E-state index contributed by atoms with van der Waals surface area (Å²) in [6.45, 7) is 15.6. The van der Waals surface area contributed by atoms with Crippen LogP contribution in [0.4, 0.5) is 5.69 Å². The molecule has 0 saturated carbocycles. The summed E-state index contributed by atoms with van der Waals surface area (Å²) in [6, 6.07) is 4.95. The molecule has 0 aromatic heterocycles. The molecule has 2 bridgehead atoms. The largest absolute Gasteiger partial charge is 0.461 e. The summed E-state index contributed by atoms with van der Waals surface area (Å²) in [5.74, 6) is -2.86. The second-order valence-electron chi connectivity index (χ2n) is 10.8. The van der Waals surface area contributed by atoms with Crippen LogP contribution >= 0.6 is 0 Å². The first-order valence-corrected chi connectivity index (χ1v) is 13.0. The number of aliphatic hydroxyl groups excluding tert-OH is 1. The van der Waals surface area contributed by atoms with Crippen molar-refractivity contribution >= 4 is 23.5 Å². The number of benzene rings is 1. The Morgan fingerprint density at radius 2 is 2.03 bits per heavy atom. The van der Waals surface area contributed by atoms with Gasteiger partial charge in [0.25, 0.3) is 5.91 Å². The van der Waals surface area contributed by atoms with Gasteiger partial charge in [0.2, 0.25) is 5.91 Å². The predicted octanol–water partition coefficient (Wildman–Crippen LogP) is 2.94. The molecule has 4 rings (SSSR count). The third kappa shape index (κ3) is 4.10. The minimum Gasteiger partial charge on any atom is -0.461 e. The predicted molar refractivity (Wildman–Crippen MR) is 140 cm³/mol. The third-order valence-corrected chi connectivity index (χ3v) is 8.44. The van der Waals surface area contributed by atoms with Crippen molar-refractivity contribution in [3.05, 3.63) is 54.6 Å². The number of aryl methyl sites for hydroxylation is 2. The van der Waals surface area contributed by atoms with E-state index in [0.717, 1.165) is 16.8 Å². The maximum absolute atomic E-state index is 14.5. The maximum atomic E-state index is 14.5. The molecule has 1 aromatic carbocycles. The van der Waals surface area contributed by atoms with Crippen LogP contribution in [0, 0.1) is 31.6 Å². The zero-order chi connectivity index (χ0) is 27.1. The fourth-order valence-corrected chi connectivity index (χ4v) is 6.68. The summed E-state index contributed by atoms with van der Waals surface area (Å²) < 4.78 is 12.1. The van der Waals surface area contributed by atoms with E-state index in [9.17, 15) is 19.5 Å². The van der Waals surface area contributed by atoms with Crippen molar-refractivity contribution in [1.82, 2.24) is 4.90 Å². The minimum atomic E-state index is -1.17. The molecule has 1 spiro atoms. The van der Waals surface area contributed by atoms with Crippen molar-refractivity contribution < 1.29 is 29.0 Å². The van der Waals surface area contributed by atoms with E-state index >= 15 is 0 Å². The first-order valence-electron chi connectivity index (χ1n) is 13.0. The monoisotopic (exact) mass is 510 g/mol. The van der Waals surface area contributed by atoms with Gasteiger partial charge in [0, 0.05) is 25.4 Å². The fourth-order valence-electron chi connectivity index (χ4n) is 6.68. The fraction of sp³-hybridized carbons (Fsp3) is 0.552. The second kappa shape index (κ2) is 10.1. The van der Waals surface area contributed by atoms with Gasteiger partial charge in [0.1, 0.15) is 24.2 Å². The lowest BCUT2D eigenvalue weighted by Crippen LogP contribution is -2.57. The highest BCUT2D eigenvalue weighted by atomic mass is 16.6. The molecule has 3 fully saturated rings. The zero-order valence-corrected chi connectivity index (χ0v) is 22.2. The summed E-state index contributed by atoms with van der Waals surface area (Å²) in [6.07, 6.45) is 3.92. The van der Waals surface area contributed by atoms with Gasteiger partial charge in [-0.2, -0.15) is 0 Å². The number of carbonyl (C=O) groups is 3. The van der Waals surface area contributed by atoms with Crippen molar-refractivity contribution in [2.45, 2.75) is 57.8 Å². The van der Waals surface area contributed by atoms with E-state index in [1.807, 2.05) is 45.9 Å². The van der Waals surface area contributed by atoms with Gasteiger partial charge in [-0.1, -0.05) is 37.8 Å². The van der Waals surface area contributed by atoms with Crippen LogP contribution in [0.15, 0.2) is 43.5 Å². The van der Waals surface area contributed by atoms with Gasteiger partial charge >= 0.3 is 5.97 Å². The lowest BCUT2D eigenvalue weighted by atomic mass is 9.62. The van der Waals surface area contributed by atoms with Gasteiger partial charge in [-0.25, -0.2) is 0 Å². The van der Waals surface area contributed by atoms with Gasteiger partial charge < -0.3 is 24.4 Å². The smallest absolute Gasteiger partial charge is 0.313 e. The minimum absolute atomic E-state index is 0.0318. The topological polar surface area (TPSA) is 96.4 Å². The van der Waals surface area contributed by atoms with E-state index in [0.29, 0.717) is 12.8 Å². The molecular weight excluding hydrogens is 472 g/mol. The van der Waals surface area contributed by atoms with Crippen LogP contribution in [0.2, 0.25) is 0 Å². The molecule has 0 radical (unpaired) electrons. The molecule has 6 atom stereocenters. The number of rotatable bonds is 10. The number of carbonyl (C=O) groups excluding carboxylic acids is 3. The Labute approximate surface area is 218 Å². The van der Waals surface area contributed by atoms with Crippen LogP contribution in [-0.4, -0.2) is 71.3 Å². The van der Waals surface area contributed by atoms with Crippen molar-refractivity contribution in [3.63, 3.8) is 0 Å². The Hall–Kier alpha value is -2.97.